The van der Waals surface area contributed by atoms with Gasteiger partial charge in [-0.3, -0.25) is 0 Å². The van der Waals surface area contributed by atoms with Gasteiger partial charge in [0.25, 0.3) is 0 Å². The summed E-state index contributed by atoms with van der Waals surface area (Å²) in [5.41, 5.74) is 4.00. The van der Waals surface area contributed by atoms with E-state index in [1.807, 2.05) is 5.38 Å². The number of nitrogens with one attached hydrogen (secondary N) is 1. The summed E-state index contributed by atoms with van der Waals surface area (Å²) in [5, 5.41) is 6.56. The molecular formula is C18H17ClN2O2S. The van der Waals surface area contributed by atoms with Gasteiger partial charge in [0.05, 0.1) is 30.6 Å². The molecular weight excluding hydrogens is 344 g/mol. The summed E-state index contributed by atoms with van der Waals surface area (Å²) in [6.07, 6.45) is 0. The summed E-state index contributed by atoms with van der Waals surface area (Å²) < 4.78 is 10.6. The van der Waals surface area contributed by atoms with Crippen molar-refractivity contribution in [2.45, 2.75) is 6.92 Å². The number of hydrogen-bond donors (Lipinski definition) is 1. The molecule has 0 radical (unpaired) electrons. The number of halogens is 1. The lowest BCUT2D eigenvalue weighted by Crippen LogP contribution is -1.96. The zero-order chi connectivity index (χ0) is 17.1. The number of anilines is 2. The first kappa shape index (κ1) is 16.6. The summed E-state index contributed by atoms with van der Waals surface area (Å²) in [6.45, 7) is 2.07. The van der Waals surface area contributed by atoms with Gasteiger partial charge < -0.3 is 14.8 Å². The average molecular weight is 361 g/mol. The second-order valence-corrected chi connectivity index (χ2v) is 6.48. The molecule has 0 unspecified atom stereocenters. The van der Waals surface area contributed by atoms with Crippen LogP contribution in [-0.4, -0.2) is 19.2 Å². The Morgan fingerprint density at radius 2 is 1.75 bits per heavy atom. The molecule has 0 saturated carbocycles. The molecule has 0 aliphatic heterocycles. The van der Waals surface area contributed by atoms with Gasteiger partial charge in [-0.25, -0.2) is 4.98 Å². The van der Waals surface area contributed by atoms with E-state index < -0.39 is 0 Å². The van der Waals surface area contributed by atoms with Crippen molar-refractivity contribution in [3.8, 4) is 22.8 Å². The van der Waals surface area contributed by atoms with Crippen LogP contribution in [-0.2, 0) is 0 Å². The van der Waals surface area contributed by atoms with E-state index >= 15 is 0 Å². The Kier molecular flexibility index (Phi) is 4.92. The largest absolute Gasteiger partial charge is 0.495 e. The fraction of sp³-hybridized carbons (Fsp3) is 0.167. The van der Waals surface area contributed by atoms with E-state index in [2.05, 4.69) is 41.5 Å². The lowest BCUT2D eigenvalue weighted by Gasteiger charge is -2.12. The second kappa shape index (κ2) is 7.11. The number of aryl methyl sites for hydroxylation is 1. The maximum atomic E-state index is 6.13. The van der Waals surface area contributed by atoms with Crippen molar-refractivity contribution in [2.24, 2.45) is 0 Å². The van der Waals surface area contributed by atoms with Gasteiger partial charge in [-0.1, -0.05) is 41.4 Å². The lowest BCUT2D eigenvalue weighted by atomic mass is 10.1. The van der Waals surface area contributed by atoms with Gasteiger partial charge in [0.1, 0.15) is 11.5 Å². The minimum Gasteiger partial charge on any atom is -0.495 e. The molecule has 1 N–H and O–H groups in total. The third kappa shape index (κ3) is 3.47. The molecule has 6 heteroatoms. The Morgan fingerprint density at radius 1 is 1.04 bits per heavy atom. The molecule has 1 heterocycles. The summed E-state index contributed by atoms with van der Waals surface area (Å²) in [6, 6.07) is 11.8. The van der Waals surface area contributed by atoms with Crippen molar-refractivity contribution in [3.05, 3.63) is 52.4 Å². The zero-order valence-corrected chi connectivity index (χ0v) is 15.2. The first-order chi connectivity index (χ1) is 11.6. The van der Waals surface area contributed by atoms with E-state index in [1.165, 1.54) is 16.9 Å². The summed E-state index contributed by atoms with van der Waals surface area (Å²) in [5.74, 6) is 1.21. The van der Waals surface area contributed by atoms with Crippen molar-refractivity contribution in [2.75, 3.05) is 19.5 Å². The standard InChI is InChI=1S/C18H17ClN2O2S/c1-11-4-6-12(7-5-11)15-10-24-18(21-15)20-14-9-16(22-2)13(19)8-17(14)23-3/h4-10H,1-3H3,(H,20,21). The first-order valence-corrected chi connectivity index (χ1v) is 8.57. The van der Waals surface area contributed by atoms with Gasteiger partial charge in [-0.15, -0.1) is 11.3 Å². The molecule has 3 rings (SSSR count). The zero-order valence-electron chi connectivity index (χ0n) is 13.6. The fourth-order valence-corrected chi connectivity index (χ4v) is 3.22. The molecule has 0 fully saturated rings. The third-order valence-corrected chi connectivity index (χ3v) is 4.62. The van der Waals surface area contributed by atoms with Crippen molar-refractivity contribution < 1.29 is 9.47 Å². The minimum absolute atomic E-state index is 0.499. The predicted octanol–water partition coefficient (Wildman–Crippen LogP) is 5.53. The molecule has 4 nitrogen and oxygen atoms in total. The van der Waals surface area contributed by atoms with Crippen LogP contribution in [0.15, 0.2) is 41.8 Å². The molecule has 0 atom stereocenters. The van der Waals surface area contributed by atoms with Crippen molar-refractivity contribution in [1.29, 1.82) is 0 Å². The maximum Gasteiger partial charge on any atom is 0.187 e. The monoisotopic (exact) mass is 360 g/mol. The maximum absolute atomic E-state index is 6.13. The van der Waals surface area contributed by atoms with E-state index in [4.69, 9.17) is 21.1 Å². The number of thiazole rings is 1. The Labute approximate surface area is 150 Å². The highest BCUT2D eigenvalue weighted by Crippen LogP contribution is 2.38. The quantitative estimate of drug-likeness (QED) is 0.649. The summed E-state index contributed by atoms with van der Waals surface area (Å²) in [7, 11) is 3.18. The number of aromatic nitrogens is 1. The van der Waals surface area contributed by atoms with Crippen LogP contribution < -0.4 is 14.8 Å². The van der Waals surface area contributed by atoms with Gasteiger partial charge in [0.15, 0.2) is 5.13 Å². The summed E-state index contributed by atoms with van der Waals surface area (Å²) in [4.78, 5) is 4.64. The highest BCUT2D eigenvalue weighted by Gasteiger charge is 2.12. The van der Waals surface area contributed by atoms with Crippen LogP contribution in [0.3, 0.4) is 0 Å². The SMILES string of the molecule is COc1cc(Nc2nc(-c3ccc(C)cc3)cs2)c(OC)cc1Cl. The minimum atomic E-state index is 0.499. The lowest BCUT2D eigenvalue weighted by molar-refractivity contribution is 0.405. The number of ether oxygens (including phenoxy) is 2. The predicted molar refractivity (Wildman–Crippen MR) is 100 cm³/mol. The van der Waals surface area contributed by atoms with Crippen LogP contribution in [0.4, 0.5) is 10.8 Å². The molecule has 1 aromatic heterocycles. The molecule has 124 valence electrons. The first-order valence-electron chi connectivity index (χ1n) is 7.32. The molecule has 0 saturated heterocycles. The van der Waals surface area contributed by atoms with E-state index in [1.54, 1.807) is 26.4 Å². The molecule has 0 amide bonds. The smallest absolute Gasteiger partial charge is 0.187 e. The average Bonchev–Trinajstić information content (AvgIpc) is 3.05. The van der Waals surface area contributed by atoms with Crippen LogP contribution >= 0.6 is 22.9 Å². The van der Waals surface area contributed by atoms with Crippen LogP contribution in [0.25, 0.3) is 11.3 Å². The van der Waals surface area contributed by atoms with Crippen LogP contribution in [0.5, 0.6) is 11.5 Å². The molecule has 24 heavy (non-hydrogen) atoms. The van der Waals surface area contributed by atoms with Gasteiger partial charge in [-0.05, 0) is 6.92 Å². The third-order valence-electron chi connectivity index (χ3n) is 3.57. The van der Waals surface area contributed by atoms with Crippen LogP contribution in [0.2, 0.25) is 5.02 Å². The number of methoxy groups -OCH3 is 2. The van der Waals surface area contributed by atoms with Crippen molar-refractivity contribution >= 4 is 33.8 Å². The molecule has 0 aliphatic rings. The van der Waals surface area contributed by atoms with E-state index in [-0.39, 0.29) is 0 Å². The Bertz CT molecular complexity index is 847. The molecule has 0 spiro atoms. The van der Waals surface area contributed by atoms with E-state index in [0.29, 0.717) is 16.5 Å². The normalized spacial score (nSPS) is 10.5. The molecule has 3 aromatic rings. The Balaban J connectivity index is 1.88. The number of rotatable bonds is 5. The molecule has 0 aliphatic carbocycles. The highest BCUT2D eigenvalue weighted by atomic mass is 35.5. The highest BCUT2D eigenvalue weighted by molar-refractivity contribution is 7.14. The van der Waals surface area contributed by atoms with Crippen LogP contribution in [0, 0.1) is 6.92 Å². The topological polar surface area (TPSA) is 43.4 Å². The van der Waals surface area contributed by atoms with Gasteiger partial charge >= 0.3 is 0 Å². The Hall–Kier alpha value is -2.24. The van der Waals surface area contributed by atoms with Crippen molar-refractivity contribution in [3.63, 3.8) is 0 Å². The Morgan fingerprint density at radius 3 is 2.42 bits per heavy atom. The van der Waals surface area contributed by atoms with E-state index in [0.717, 1.165) is 22.1 Å². The van der Waals surface area contributed by atoms with Gasteiger partial charge in [-0.2, -0.15) is 0 Å². The number of nitrogens with zero attached hydrogens (tertiary/aromatic N) is 1. The fourth-order valence-electron chi connectivity index (χ4n) is 2.26. The van der Waals surface area contributed by atoms with Crippen molar-refractivity contribution in [1.82, 2.24) is 4.98 Å². The van der Waals surface area contributed by atoms with E-state index in [9.17, 15) is 0 Å². The van der Waals surface area contributed by atoms with Gasteiger partial charge in [0.2, 0.25) is 0 Å². The summed E-state index contributed by atoms with van der Waals surface area (Å²) >= 11 is 7.66. The van der Waals surface area contributed by atoms with Gasteiger partial charge in [0, 0.05) is 23.1 Å². The molecule has 2 aromatic carbocycles. The number of benzene rings is 2. The second-order valence-electron chi connectivity index (χ2n) is 5.22. The number of hydrogen-bond acceptors (Lipinski definition) is 5. The molecule has 0 bridgehead atoms. The van der Waals surface area contributed by atoms with Crippen LogP contribution in [0.1, 0.15) is 5.56 Å².